The number of unbranched alkanes of at least 4 members (excludes halogenated alkanes) is 1. The molecule has 1 heterocycles. The van der Waals surface area contributed by atoms with Gasteiger partial charge >= 0.3 is 0 Å². The lowest BCUT2D eigenvalue weighted by Crippen LogP contribution is -2.12. The number of rotatable bonds is 6. The van der Waals surface area contributed by atoms with Crippen molar-refractivity contribution in [3.63, 3.8) is 0 Å². The van der Waals surface area contributed by atoms with E-state index < -0.39 is 5.91 Å². The highest BCUT2D eigenvalue weighted by atomic mass is 16.5. The topological polar surface area (TPSA) is 85.2 Å². The van der Waals surface area contributed by atoms with Crippen LogP contribution in [0, 0.1) is 6.92 Å². The summed E-state index contributed by atoms with van der Waals surface area (Å²) in [5, 5.41) is 0. The quantitative estimate of drug-likeness (QED) is 0.785. The first-order valence-corrected chi connectivity index (χ1v) is 8.84. The second-order valence-corrected chi connectivity index (χ2v) is 6.53. The van der Waals surface area contributed by atoms with Gasteiger partial charge < -0.3 is 15.5 Å². The van der Waals surface area contributed by atoms with Gasteiger partial charge in [-0.1, -0.05) is 13.3 Å². The summed E-state index contributed by atoms with van der Waals surface area (Å²) in [6, 6.07) is 5.20. The zero-order valence-electron chi connectivity index (χ0n) is 14.8. The molecule has 1 aliphatic carbocycles. The third-order valence-electron chi connectivity index (χ3n) is 4.67. The van der Waals surface area contributed by atoms with Crippen molar-refractivity contribution >= 4 is 11.7 Å². The minimum Gasteiger partial charge on any atom is -0.493 e. The highest BCUT2D eigenvalue weighted by Crippen LogP contribution is 2.39. The molecule has 1 aliphatic rings. The van der Waals surface area contributed by atoms with Crippen LogP contribution in [-0.2, 0) is 6.42 Å². The Bertz CT molecular complexity index is 821. The number of fused-ring (bicyclic) bond motifs is 1. The van der Waals surface area contributed by atoms with Crippen LogP contribution < -0.4 is 10.5 Å². The van der Waals surface area contributed by atoms with E-state index in [9.17, 15) is 9.59 Å². The van der Waals surface area contributed by atoms with Crippen molar-refractivity contribution in [2.24, 2.45) is 5.73 Å². The number of benzene rings is 1. The van der Waals surface area contributed by atoms with Crippen LogP contribution in [0.15, 0.2) is 18.2 Å². The fraction of sp³-hybridized carbons (Fsp3) is 0.400. The lowest BCUT2D eigenvalue weighted by molar-refractivity contribution is 0.0970. The van der Waals surface area contributed by atoms with Crippen molar-refractivity contribution in [1.29, 1.82) is 0 Å². The summed E-state index contributed by atoms with van der Waals surface area (Å²) < 4.78 is 5.94. The van der Waals surface area contributed by atoms with Crippen LogP contribution in [0.25, 0.3) is 11.1 Å². The van der Waals surface area contributed by atoms with Gasteiger partial charge in [-0.05, 0) is 44.4 Å². The number of nitrogens with one attached hydrogen (secondary N) is 1. The molecular weight excluding hydrogens is 316 g/mol. The lowest BCUT2D eigenvalue weighted by Gasteiger charge is -2.16. The van der Waals surface area contributed by atoms with Crippen molar-refractivity contribution in [2.75, 3.05) is 6.61 Å². The van der Waals surface area contributed by atoms with E-state index >= 15 is 0 Å². The Morgan fingerprint density at radius 1 is 1.28 bits per heavy atom. The van der Waals surface area contributed by atoms with Gasteiger partial charge in [0.15, 0.2) is 5.78 Å². The molecule has 1 aromatic heterocycles. The van der Waals surface area contributed by atoms with Crippen LogP contribution in [0.5, 0.6) is 5.75 Å². The highest BCUT2D eigenvalue weighted by Gasteiger charge is 2.27. The monoisotopic (exact) mass is 340 g/mol. The molecule has 25 heavy (non-hydrogen) atoms. The lowest BCUT2D eigenvalue weighted by atomic mass is 9.89. The normalized spacial score (nSPS) is 13.6. The molecule has 0 radical (unpaired) electrons. The van der Waals surface area contributed by atoms with Crippen molar-refractivity contribution < 1.29 is 14.3 Å². The Morgan fingerprint density at radius 2 is 2.08 bits per heavy atom. The van der Waals surface area contributed by atoms with Crippen LogP contribution >= 0.6 is 0 Å². The molecule has 3 N–H and O–H groups in total. The van der Waals surface area contributed by atoms with Crippen LogP contribution in [0.4, 0.5) is 0 Å². The summed E-state index contributed by atoms with van der Waals surface area (Å²) in [4.78, 5) is 27.4. The second kappa shape index (κ2) is 7.13. The number of primary amides is 1. The number of amides is 1. The van der Waals surface area contributed by atoms with Crippen molar-refractivity contribution in [1.82, 2.24) is 4.98 Å². The van der Waals surface area contributed by atoms with Crippen molar-refractivity contribution in [3.8, 4) is 16.9 Å². The molecule has 0 saturated heterocycles. The van der Waals surface area contributed by atoms with Gasteiger partial charge in [-0.2, -0.15) is 0 Å². The predicted octanol–water partition coefficient (Wildman–Crippen LogP) is 3.79. The molecule has 0 unspecified atom stereocenters. The smallest absolute Gasteiger partial charge is 0.248 e. The van der Waals surface area contributed by atoms with Gasteiger partial charge in [-0.25, -0.2) is 0 Å². The van der Waals surface area contributed by atoms with E-state index in [4.69, 9.17) is 10.5 Å². The van der Waals surface area contributed by atoms with E-state index in [1.54, 1.807) is 12.1 Å². The molecule has 5 heteroatoms. The number of H-pyrrole nitrogens is 1. The fourth-order valence-corrected chi connectivity index (χ4v) is 3.40. The summed E-state index contributed by atoms with van der Waals surface area (Å²) >= 11 is 0. The Kier molecular flexibility index (Phi) is 4.93. The minimum absolute atomic E-state index is 0.166. The average molecular weight is 340 g/mol. The van der Waals surface area contributed by atoms with E-state index in [1.807, 2.05) is 13.0 Å². The molecule has 0 aliphatic heterocycles. The Hall–Kier alpha value is -2.56. The SMILES string of the molecule is CCCCOc1cc(C(N)=O)ccc1-c1c(C)[nH]c2c1C(=O)CCC2. The van der Waals surface area contributed by atoms with Crippen LogP contribution in [-0.4, -0.2) is 23.3 Å². The molecule has 3 rings (SSSR count). The summed E-state index contributed by atoms with van der Waals surface area (Å²) in [6.07, 6.45) is 4.27. The van der Waals surface area contributed by atoms with Gasteiger partial charge in [0.1, 0.15) is 5.75 Å². The van der Waals surface area contributed by atoms with Gasteiger partial charge in [0.05, 0.1) is 6.61 Å². The number of carbonyl (C=O) groups excluding carboxylic acids is 2. The molecule has 0 saturated carbocycles. The van der Waals surface area contributed by atoms with E-state index in [0.29, 0.717) is 24.3 Å². The van der Waals surface area contributed by atoms with Crippen molar-refractivity contribution in [3.05, 3.63) is 40.7 Å². The molecule has 0 fully saturated rings. The van der Waals surface area contributed by atoms with Crippen molar-refractivity contribution in [2.45, 2.75) is 46.0 Å². The van der Waals surface area contributed by atoms with Gasteiger partial charge in [0.2, 0.25) is 5.91 Å². The number of carbonyl (C=O) groups is 2. The first-order valence-electron chi connectivity index (χ1n) is 8.84. The summed E-state index contributed by atoms with van der Waals surface area (Å²) in [5.41, 5.74) is 10.3. The van der Waals surface area contributed by atoms with E-state index in [1.165, 1.54) is 0 Å². The Morgan fingerprint density at radius 3 is 2.80 bits per heavy atom. The van der Waals surface area contributed by atoms with E-state index in [0.717, 1.165) is 53.8 Å². The minimum atomic E-state index is -0.490. The van der Waals surface area contributed by atoms with Gasteiger partial charge in [0.25, 0.3) is 0 Å². The van der Waals surface area contributed by atoms with Crippen LogP contribution in [0.1, 0.15) is 64.7 Å². The standard InChI is InChI=1S/C20H24N2O3/c1-3-4-10-25-17-11-13(20(21)24)8-9-14(17)18-12(2)22-15-6-5-7-16(23)19(15)18/h8-9,11,22H,3-7,10H2,1-2H3,(H2,21,24). The number of Topliss-reactive ketones (excluding diaryl/α,β-unsaturated/α-hetero) is 1. The maximum atomic E-state index is 12.5. The number of hydrogen-bond acceptors (Lipinski definition) is 3. The third-order valence-corrected chi connectivity index (χ3v) is 4.67. The number of ether oxygens (including phenoxy) is 1. The number of aromatic amines is 1. The summed E-state index contributed by atoms with van der Waals surface area (Å²) in [6.45, 7) is 4.62. The molecule has 0 bridgehead atoms. The fourth-order valence-electron chi connectivity index (χ4n) is 3.40. The van der Waals surface area contributed by atoms with E-state index in [2.05, 4.69) is 11.9 Å². The zero-order valence-corrected chi connectivity index (χ0v) is 14.8. The summed E-state index contributed by atoms with van der Waals surface area (Å²) in [7, 11) is 0. The average Bonchev–Trinajstić information content (AvgIpc) is 2.92. The highest BCUT2D eigenvalue weighted by molar-refractivity contribution is 6.06. The largest absolute Gasteiger partial charge is 0.493 e. The number of aryl methyl sites for hydroxylation is 2. The molecule has 0 spiro atoms. The van der Waals surface area contributed by atoms with E-state index in [-0.39, 0.29) is 5.78 Å². The Balaban J connectivity index is 2.12. The van der Waals surface area contributed by atoms with Gasteiger partial charge in [0, 0.05) is 40.1 Å². The van der Waals surface area contributed by atoms with Crippen LogP contribution in [0.2, 0.25) is 0 Å². The van der Waals surface area contributed by atoms with Gasteiger partial charge in [-0.3, -0.25) is 9.59 Å². The summed E-state index contributed by atoms with van der Waals surface area (Å²) in [5.74, 6) is 0.280. The maximum absolute atomic E-state index is 12.5. The molecule has 5 nitrogen and oxygen atoms in total. The predicted molar refractivity (Wildman–Crippen MR) is 97.2 cm³/mol. The molecule has 1 aromatic carbocycles. The van der Waals surface area contributed by atoms with Crippen LogP contribution in [0.3, 0.4) is 0 Å². The molecule has 2 aromatic rings. The molecule has 1 amide bonds. The van der Waals surface area contributed by atoms with Gasteiger partial charge in [-0.15, -0.1) is 0 Å². The first-order chi connectivity index (χ1) is 12.0. The first kappa shape index (κ1) is 17.3. The number of nitrogens with two attached hydrogens (primary N) is 1. The molecule has 0 atom stereocenters. The third kappa shape index (κ3) is 3.31. The number of aromatic nitrogens is 1. The molecular formula is C20H24N2O3. The maximum Gasteiger partial charge on any atom is 0.248 e. The Labute approximate surface area is 147 Å². The number of hydrogen-bond donors (Lipinski definition) is 2. The second-order valence-electron chi connectivity index (χ2n) is 6.53. The molecule has 132 valence electrons. The number of ketones is 1. The zero-order chi connectivity index (χ0) is 18.0.